The molecule has 0 saturated heterocycles. The van der Waals surface area contributed by atoms with Crippen LogP contribution < -0.4 is 5.73 Å². The Labute approximate surface area is 99.2 Å². The molecule has 1 aliphatic heterocycles. The Hall–Kier alpha value is -2.06. The van der Waals surface area contributed by atoms with Gasteiger partial charge in [-0.15, -0.1) is 16.4 Å². The zero-order valence-electron chi connectivity index (χ0n) is 8.44. The smallest absolute Gasteiger partial charge is 0.288 e. The molecule has 0 spiro atoms. The largest absolute Gasteiger partial charge is 0.365 e. The number of hydrogen-bond donors (Lipinski definition) is 2. The fourth-order valence-electron chi connectivity index (χ4n) is 1.54. The van der Waals surface area contributed by atoms with Crippen molar-refractivity contribution in [3.8, 4) is 5.00 Å². The molecule has 17 heavy (non-hydrogen) atoms. The van der Waals surface area contributed by atoms with E-state index in [1.807, 2.05) is 11.4 Å². The number of aliphatic hydroxyl groups excluding tert-OH is 1. The van der Waals surface area contributed by atoms with Gasteiger partial charge in [-0.25, -0.2) is 9.67 Å². The van der Waals surface area contributed by atoms with Gasteiger partial charge in [-0.3, -0.25) is 9.79 Å². The summed E-state index contributed by atoms with van der Waals surface area (Å²) in [7, 11) is 0. The highest BCUT2D eigenvalue weighted by molar-refractivity contribution is 7.12. The topological polar surface area (TPSA) is 106 Å². The van der Waals surface area contributed by atoms with Crippen LogP contribution in [0.5, 0.6) is 0 Å². The first-order chi connectivity index (χ1) is 8.16. The first kappa shape index (κ1) is 10.1. The van der Waals surface area contributed by atoms with Crippen molar-refractivity contribution in [2.24, 2.45) is 10.7 Å². The lowest BCUT2D eigenvalue weighted by molar-refractivity contribution is 0.0990. The van der Waals surface area contributed by atoms with E-state index >= 15 is 0 Å². The Bertz CT molecular complexity index is 629. The minimum absolute atomic E-state index is 0.129. The highest BCUT2D eigenvalue weighted by Gasteiger charge is 2.24. The SMILES string of the molecule is NC(=O)c1nc2n(n1)-c1sccc1C=NC2O. The first-order valence-electron chi connectivity index (χ1n) is 4.72. The lowest BCUT2D eigenvalue weighted by Crippen LogP contribution is -2.13. The minimum atomic E-state index is -1.14. The molecule has 1 unspecified atom stereocenters. The molecular formula is C9H7N5O2S. The number of nitrogens with zero attached hydrogens (tertiary/aromatic N) is 4. The van der Waals surface area contributed by atoms with Gasteiger partial charge in [0.1, 0.15) is 5.00 Å². The Morgan fingerprint density at radius 3 is 3.18 bits per heavy atom. The van der Waals surface area contributed by atoms with Gasteiger partial charge in [-0.2, -0.15) is 0 Å². The number of amides is 1. The summed E-state index contributed by atoms with van der Waals surface area (Å²) in [5, 5.41) is 16.3. The van der Waals surface area contributed by atoms with Crippen LogP contribution in [0.15, 0.2) is 16.4 Å². The third-order valence-corrected chi connectivity index (χ3v) is 3.21. The van der Waals surface area contributed by atoms with E-state index in [0.29, 0.717) is 0 Å². The summed E-state index contributed by atoms with van der Waals surface area (Å²) in [4.78, 5) is 18.8. The minimum Gasteiger partial charge on any atom is -0.365 e. The van der Waals surface area contributed by atoms with Crippen molar-refractivity contribution < 1.29 is 9.90 Å². The fraction of sp³-hybridized carbons (Fsp3) is 0.111. The van der Waals surface area contributed by atoms with E-state index in [0.717, 1.165) is 10.6 Å². The summed E-state index contributed by atoms with van der Waals surface area (Å²) in [5.41, 5.74) is 5.93. The third-order valence-electron chi connectivity index (χ3n) is 2.30. The normalized spacial score (nSPS) is 17.4. The predicted molar refractivity (Wildman–Crippen MR) is 60.3 cm³/mol. The number of aromatic nitrogens is 3. The van der Waals surface area contributed by atoms with Gasteiger partial charge >= 0.3 is 0 Å². The number of aliphatic hydroxyl groups is 1. The van der Waals surface area contributed by atoms with E-state index in [1.165, 1.54) is 16.0 Å². The highest BCUT2D eigenvalue weighted by Crippen LogP contribution is 2.27. The van der Waals surface area contributed by atoms with Crippen molar-refractivity contribution in [1.29, 1.82) is 0 Å². The van der Waals surface area contributed by atoms with E-state index in [9.17, 15) is 9.90 Å². The van der Waals surface area contributed by atoms with Crippen molar-refractivity contribution >= 4 is 23.5 Å². The molecule has 2 aromatic heterocycles. The second-order valence-corrected chi connectivity index (χ2v) is 4.30. The number of thiophene rings is 1. The Kier molecular flexibility index (Phi) is 2.06. The molecule has 7 nitrogen and oxygen atoms in total. The molecule has 3 heterocycles. The fourth-order valence-corrected chi connectivity index (χ4v) is 2.38. The number of carbonyl (C=O) groups is 1. The van der Waals surface area contributed by atoms with Crippen LogP contribution in [0, 0.1) is 0 Å². The van der Waals surface area contributed by atoms with Crippen LogP contribution in [-0.4, -0.2) is 32.0 Å². The summed E-state index contributed by atoms with van der Waals surface area (Å²) in [6.45, 7) is 0. The molecule has 86 valence electrons. The molecule has 0 radical (unpaired) electrons. The van der Waals surface area contributed by atoms with Crippen LogP contribution in [0.2, 0.25) is 0 Å². The number of rotatable bonds is 1. The van der Waals surface area contributed by atoms with Gasteiger partial charge < -0.3 is 10.8 Å². The lowest BCUT2D eigenvalue weighted by Gasteiger charge is -2.02. The van der Waals surface area contributed by atoms with Crippen LogP contribution in [0.1, 0.15) is 28.2 Å². The molecule has 2 aromatic rings. The Morgan fingerprint density at radius 2 is 2.41 bits per heavy atom. The molecule has 0 bridgehead atoms. The average molecular weight is 249 g/mol. The molecule has 1 atom stereocenters. The molecule has 3 N–H and O–H groups in total. The predicted octanol–water partition coefficient (Wildman–Crippen LogP) is -0.149. The van der Waals surface area contributed by atoms with Crippen molar-refractivity contribution in [2.45, 2.75) is 6.23 Å². The second-order valence-electron chi connectivity index (χ2n) is 3.40. The number of fused-ring (bicyclic) bond motifs is 3. The van der Waals surface area contributed by atoms with Crippen LogP contribution >= 0.6 is 11.3 Å². The van der Waals surface area contributed by atoms with E-state index in [-0.39, 0.29) is 11.6 Å². The monoisotopic (exact) mass is 249 g/mol. The average Bonchev–Trinajstić information content (AvgIpc) is 2.89. The number of hydrogen-bond acceptors (Lipinski definition) is 6. The maximum atomic E-state index is 11.0. The summed E-state index contributed by atoms with van der Waals surface area (Å²) >= 11 is 1.41. The first-order valence-corrected chi connectivity index (χ1v) is 5.60. The van der Waals surface area contributed by atoms with Gasteiger partial charge in [-0.1, -0.05) is 0 Å². The molecule has 0 saturated carbocycles. The molecule has 1 amide bonds. The molecule has 0 fully saturated rings. The highest BCUT2D eigenvalue weighted by atomic mass is 32.1. The molecule has 1 aliphatic rings. The number of primary amides is 1. The third kappa shape index (κ3) is 1.46. The Balaban J connectivity index is 2.27. The second kappa shape index (κ2) is 3.47. The van der Waals surface area contributed by atoms with Crippen LogP contribution in [0.25, 0.3) is 5.00 Å². The molecule has 0 aromatic carbocycles. The van der Waals surface area contributed by atoms with Gasteiger partial charge in [0.25, 0.3) is 5.91 Å². The van der Waals surface area contributed by atoms with Gasteiger partial charge in [0, 0.05) is 11.8 Å². The summed E-state index contributed by atoms with van der Waals surface area (Å²) in [6.07, 6.45) is 0.409. The van der Waals surface area contributed by atoms with Crippen LogP contribution in [-0.2, 0) is 0 Å². The van der Waals surface area contributed by atoms with Gasteiger partial charge in [0.2, 0.25) is 12.1 Å². The standard InChI is InChI=1S/C9H7N5O2S/c10-5(15)6-12-7-8(16)11-3-4-1-2-17-9(4)14(7)13-6/h1-3,8,16H,(H2,10,15). The van der Waals surface area contributed by atoms with Crippen molar-refractivity contribution in [3.63, 3.8) is 0 Å². The number of aliphatic imine (C=N–C) groups is 1. The van der Waals surface area contributed by atoms with Crippen LogP contribution in [0.3, 0.4) is 0 Å². The number of carbonyl (C=O) groups excluding carboxylic acids is 1. The van der Waals surface area contributed by atoms with E-state index in [2.05, 4.69) is 15.1 Å². The van der Waals surface area contributed by atoms with E-state index < -0.39 is 12.1 Å². The van der Waals surface area contributed by atoms with Crippen molar-refractivity contribution in [2.75, 3.05) is 0 Å². The molecule has 3 rings (SSSR count). The van der Waals surface area contributed by atoms with Crippen LogP contribution in [0.4, 0.5) is 0 Å². The summed E-state index contributed by atoms with van der Waals surface area (Å²) in [6, 6.07) is 1.84. The lowest BCUT2D eigenvalue weighted by atomic mass is 10.3. The van der Waals surface area contributed by atoms with Crippen molar-refractivity contribution in [1.82, 2.24) is 14.8 Å². The van der Waals surface area contributed by atoms with Gasteiger partial charge in [0.15, 0.2) is 5.82 Å². The molecular weight excluding hydrogens is 242 g/mol. The number of nitrogens with two attached hydrogens (primary N) is 1. The quantitative estimate of drug-likeness (QED) is 0.733. The van der Waals surface area contributed by atoms with Gasteiger partial charge in [0.05, 0.1) is 0 Å². The van der Waals surface area contributed by atoms with E-state index in [4.69, 9.17) is 5.73 Å². The van der Waals surface area contributed by atoms with Gasteiger partial charge in [-0.05, 0) is 11.4 Å². The van der Waals surface area contributed by atoms with Crippen molar-refractivity contribution in [3.05, 3.63) is 28.7 Å². The zero-order valence-corrected chi connectivity index (χ0v) is 9.26. The summed E-state index contributed by atoms with van der Waals surface area (Å²) < 4.78 is 1.40. The Morgan fingerprint density at radius 1 is 1.59 bits per heavy atom. The van der Waals surface area contributed by atoms with E-state index in [1.54, 1.807) is 6.21 Å². The maximum absolute atomic E-state index is 11.0. The maximum Gasteiger partial charge on any atom is 0.288 e. The molecule has 0 aliphatic carbocycles. The summed E-state index contributed by atoms with van der Waals surface area (Å²) in [5.74, 6) is -0.674. The zero-order chi connectivity index (χ0) is 12.0. The molecule has 8 heteroatoms.